The van der Waals surface area contributed by atoms with Gasteiger partial charge in [-0.15, -0.1) is 0 Å². The first-order chi connectivity index (χ1) is 10.2. The number of methoxy groups -OCH3 is 1. The molecule has 114 valence electrons. The van der Waals surface area contributed by atoms with Gasteiger partial charge in [-0.3, -0.25) is 0 Å². The van der Waals surface area contributed by atoms with Gasteiger partial charge in [-0.25, -0.2) is 0 Å². The van der Waals surface area contributed by atoms with Gasteiger partial charge in [0.2, 0.25) is 0 Å². The van der Waals surface area contributed by atoms with Crippen molar-refractivity contribution in [3.8, 4) is 11.5 Å². The summed E-state index contributed by atoms with van der Waals surface area (Å²) in [5.74, 6) is 2.87. The molecule has 0 amide bonds. The molecule has 0 bridgehead atoms. The van der Waals surface area contributed by atoms with Crippen molar-refractivity contribution < 1.29 is 14.0 Å². The molecule has 2 rings (SSSR count). The highest BCUT2D eigenvalue weighted by Crippen LogP contribution is 2.25. The van der Waals surface area contributed by atoms with Crippen molar-refractivity contribution in [2.24, 2.45) is 5.92 Å². The van der Waals surface area contributed by atoms with E-state index in [1.165, 1.54) is 0 Å². The maximum absolute atomic E-state index is 5.83. The third-order valence-electron chi connectivity index (χ3n) is 3.00. The van der Waals surface area contributed by atoms with E-state index in [0.29, 0.717) is 18.3 Å². The summed E-state index contributed by atoms with van der Waals surface area (Å²) in [5, 5.41) is 7.08. The van der Waals surface area contributed by atoms with Gasteiger partial charge in [-0.2, -0.15) is 0 Å². The van der Waals surface area contributed by atoms with Crippen LogP contribution >= 0.6 is 0 Å². The average Bonchev–Trinajstić information content (AvgIpc) is 2.99. The van der Waals surface area contributed by atoms with E-state index in [9.17, 15) is 0 Å². The highest BCUT2D eigenvalue weighted by atomic mass is 16.5. The highest BCUT2D eigenvalue weighted by molar-refractivity contribution is 5.40. The smallest absolute Gasteiger partial charge is 0.174 e. The Morgan fingerprint density at radius 3 is 2.81 bits per heavy atom. The second-order valence-electron chi connectivity index (χ2n) is 5.27. The summed E-state index contributed by atoms with van der Waals surface area (Å²) >= 11 is 0. The Balaban J connectivity index is 2.03. The van der Waals surface area contributed by atoms with E-state index in [1.807, 2.05) is 18.2 Å². The zero-order chi connectivity index (χ0) is 15.1. The Hall–Kier alpha value is -2.01. The molecule has 0 aliphatic carbocycles. The molecular weight excluding hydrogens is 268 g/mol. The maximum atomic E-state index is 5.83. The van der Waals surface area contributed by atoms with Crippen molar-refractivity contribution in [3.63, 3.8) is 0 Å². The highest BCUT2D eigenvalue weighted by Gasteiger charge is 2.08. The minimum atomic E-state index is 0.352. The number of ether oxygens (including phenoxy) is 2. The Kier molecular flexibility index (Phi) is 5.63. The fraction of sp³-hybridized carbons (Fsp3) is 0.438. The van der Waals surface area contributed by atoms with E-state index in [2.05, 4.69) is 24.3 Å². The zero-order valence-corrected chi connectivity index (χ0v) is 12.8. The number of hydrogen-bond acceptors (Lipinski definition) is 5. The molecule has 5 heteroatoms. The van der Waals surface area contributed by atoms with E-state index >= 15 is 0 Å². The number of hydrogen-bond donors (Lipinski definition) is 1. The van der Waals surface area contributed by atoms with Crippen LogP contribution in [0.4, 0.5) is 0 Å². The monoisotopic (exact) mass is 290 g/mol. The molecule has 0 unspecified atom stereocenters. The zero-order valence-electron chi connectivity index (χ0n) is 12.8. The molecular formula is C16H22N2O3. The molecule has 0 aliphatic heterocycles. The predicted octanol–water partition coefficient (Wildman–Crippen LogP) is 3.01. The summed E-state index contributed by atoms with van der Waals surface area (Å²) in [6, 6.07) is 7.63. The molecule has 0 saturated carbocycles. The summed E-state index contributed by atoms with van der Waals surface area (Å²) in [6.45, 7) is 6.44. The van der Waals surface area contributed by atoms with E-state index in [4.69, 9.17) is 14.0 Å². The third-order valence-corrected chi connectivity index (χ3v) is 3.00. The minimum Gasteiger partial charge on any atom is -0.497 e. The van der Waals surface area contributed by atoms with Gasteiger partial charge in [0.15, 0.2) is 5.76 Å². The van der Waals surface area contributed by atoms with Crippen LogP contribution in [-0.2, 0) is 13.2 Å². The van der Waals surface area contributed by atoms with Crippen molar-refractivity contribution in [1.29, 1.82) is 0 Å². The van der Waals surface area contributed by atoms with Gasteiger partial charge in [-0.1, -0.05) is 25.1 Å². The van der Waals surface area contributed by atoms with Crippen molar-refractivity contribution >= 4 is 0 Å². The Labute approximate surface area is 125 Å². The van der Waals surface area contributed by atoms with E-state index in [1.54, 1.807) is 19.4 Å². The van der Waals surface area contributed by atoms with Gasteiger partial charge in [0.05, 0.1) is 13.3 Å². The van der Waals surface area contributed by atoms with Crippen LogP contribution in [0.1, 0.15) is 25.2 Å². The van der Waals surface area contributed by atoms with Crippen LogP contribution in [0.3, 0.4) is 0 Å². The lowest BCUT2D eigenvalue weighted by atomic mass is 10.1. The molecule has 21 heavy (non-hydrogen) atoms. The lowest BCUT2D eigenvalue weighted by Crippen LogP contribution is -2.19. The second-order valence-corrected chi connectivity index (χ2v) is 5.27. The van der Waals surface area contributed by atoms with Crippen molar-refractivity contribution in [3.05, 3.63) is 41.8 Å². The average molecular weight is 290 g/mol. The lowest BCUT2D eigenvalue weighted by Gasteiger charge is -2.13. The van der Waals surface area contributed by atoms with Crippen LogP contribution in [0.15, 0.2) is 35.0 Å². The maximum Gasteiger partial charge on any atom is 0.174 e. The first-order valence-corrected chi connectivity index (χ1v) is 7.09. The van der Waals surface area contributed by atoms with Gasteiger partial charge in [0.25, 0.3) is 0 Å². The predicted molar refractivity (Wildman–Crippen MR) is 80.4 cm³/mol. The minimum absolute atomic E-state index is 0.352. The first kappa shape index (κ1) is 15.4. The van der Waals surface area contributed by atoms with Gasteiger partial charge >= 0.3 is 0 Å². The van der Waals surface area contributed by atoms with Crippen molar-refractivity contribution in [1.82, 2.24) is 10.5 Å². The molecule has 0 aliphatic rings. The fourth-order valence-corrected chi connectivity index (χ4v) is 1.90. The normalized spacial score (nSPS) is 10.9. The molecule has 1 aromatic carbocycles. The first-order valence-electron chi connectivity index (χ1n) is 7.09. The van der Waals surface area contributed by atoms with Crippen LogP contribution in [0, 0.1) is 5.92 Å². The summed E-state index contributed by atoms with van der Waals surface area (Å²) in [6.07, 6.45) is 1.61. The Morgan fingerprint density at radius 1 is 1.29 bits per heavy atom. The standard InChI is InChI=1S/C16H22N2O3/c1-12(2)9-17-10-13-4-5-14(19-3)8-16(13)20-11-15-6-7-18-21-15/h4-8,12,17H,9-11H2,1-3H3. The van der Waals surface area contributed by atoms with Crippen LogP contribution in [-0.4, -0.2) is 18.8 Å². The largest absolute Gasteiger partial charge is 0.497 e. The number of nitrogens with zero attached hydrogens (tertiary/aromatic N) is 1. The number of rotatable bonds is 8. The molecule has 1 heterocycles. The van der Waals surface area contributed by atoms with Crippen LogP contribution in [0.25, 0.3) is 0 Å². The van der Waals surface area contributed by atoms with Crippen LogP contribution < -0.4 is 14.8 Å². The number of nitrogens with one attached hydrogen (secondary N) is 1. The number of aromatic nitrogens is 1. The van der Waals surface area contributed by atoms with Crippen LogP contribution in [0.2, 0.25) is 0 Å². The summed E-state index contributed by atoms with van der Waals surface area (Å²) < 4.78 is 16.1. The molecule has 0 radical (unpaired) electrons. The summed E-state index contributed by atoms with van der Waals surface area (Å²) in [5.41, 5.74) is 1.09. The topological polar surface area (TPSA) is 56.5 Å². The van der Waals surface area contributed by atoms with E-state index in [0.717, 1.165) is 30.2 Å². The molecule has 0 fully saturated rings. The molecule has 5 nitrogen and oxygen atoms in total. The molecule has 2 aromatic rings. The molecule has 1 aromatic heterocycles. The second kappa shape index (κ2) is 7.69. The summed E-state index contributed by atoms with van der Waals surface area (Å²) in [7, 11) is 1.65. The van der Waals surface area contributed by atoms with Gasteiger partial charge < -0.3 is 19.3 Å². The van der Waals surface area contributed by atoms with E-state index < -0.39 is 0 Å². The Bertz CT molecular complexity index is 538. The quantitative estimate of drug-likeness (QED) is 0.810. The van der Waals surface area contributed by atoms with Gasteiger partial charge in [0, 0.05) is 24.2 Å². The summed E-state index contributed by atoms with van der Waals surface area (Å²) in [4.78, 5) is 0. The van der Waals surface area contributed by atoms with Crippen molar-refractivity contribution in [2.45, 2.75) is 27.0 Å². The molecule has 0 atom stereocenters. The van der Waals surface area contributed by atoms with Gasteiger partial charge in [-0.05, 0) is 18.5 Å². The number of benzene rings is 1. The van der Waals surface area contributed by atoms with Crippen LogP contribution in [0.5, 0.6) is 11.5 Å². The van der Waals surface area contributed by atoms with Gasteiger partial charge in [0.1, 0.15) is 18.1 Å². The Morgan fingerprint density at radius 2 is 2.14 bits per heavy atom. The lowest BCUT2D eigenvalue weighted by molar-refractivity contribution is 0.246. The molecule has 0 saturated heterocycles. The molecule has 1 N–H and O–H groups in total. The van der Waals surface area contributed by atoms with Crippen molar-refractivity contribution in [2.75, 3.05) is 13.7 Å². The SMILES string of the molecule is COc1ccc(CNCC(C)C)c(OCc2ccno2)c1. The van der Waals surface area contributed by atoms with E-state index in [-0.39, 0.29) is 0 Å². The third kappa shape index (κ3) is 4.79. The molecule has 0 spiro atoms. The fourth-order valence-electron chi connectivity index (χ4n) is 1.90.